The van der Waals surface area contributed by atoms with Gasteiger partial charge >= 0.3 is 0 Å². The number of nitrogens with zero attached hydrogens (tertiary/aromatic N) is 5. The van der Waals surface area contributed by atoms with Crippen molar-refractivity contribution >= 4 is 54.9 Å². The van der Waals surface area contributed by atoms with Gasteiger partial charge in [-0.3, -0.25) is 4.90 Å². The van der Waals surface area contributed by atoms with Gasteiger partial charge in [0, 0.05) is 28.7 Å². The molecule has 4 aromatic heterocycles. The molecule has 0 bridgehead atoms. The number of thiophene rings is 2. The number of aromatic nitrogens is 4. The molecule has 0 aromatic carbocycles. The molecule has 6 nitrogen and oxygen atoms in total. The van der Waals surface area contributed by atoms with Crippen molar-refractivity contribution in [1.29, 1.82) is 0 Å². The molecule has 144 valence electrons. The van der Waals surface area contributed by atoms with Crippen LogP contribution in [0.5, 0.6) is 0 Å². The van der Waals surface area contributed by atoms with Crippen LogP contribution in [0.15, 0.2) is 27.8 Å². The Morgan fingerprint density at radius 2 is 1.96 bits per heavy atom. The largest absolute Gasteiger partial charge is 0.379 e. The number of hydrogen-bond donors (Lipinski definition) is 0. The van der Waals surface area contributed by atoms with Crippen molar-refractivity contribution in [2.24, 2.45) is 0 Å². The Kier molecular flexibility index (Phi) is 5.02. The molecule has 0 radical (unpaired) electrons. The van der Waals surface area contributed by atoms with E-state index in [4.69, 9.17) is 14.7 Å². The summed E-state index contributed by atoms with van der Waals surface area (Å²) in [4.78, 5) is 24.5. The van der Waals surface area contributed by atoms with Crippen molar-refractivity contribution in [1.82, 2.24) is 24.8 Å². The summed E-state index contributed by atoms with van der Waals surface area (Å²) < 4.78 is 5.46. The van der Waals surface area contributed by atoms with Gasteiger partial charge < -0.3 is 4.74 Å². The van der Waals surface area contributed by atoms with Crippen molar-refractivity contribution in [3.05, 3.63) is 34.0 Å². The zero-order chi connectivity index (χ0) is 19.1. The third-order valence-corrected chi connectivity index (χ3v) is 7.86. The summed E-state index contributed by atoms with van der Waals surface area (Å²) in [6.07, 6.45) is 1.64. The Balaban J connectivity index is 1.58. The second-order valence-corrected chi connectivity index (χ2v) is 9.79. The fourth-order valence-electron chi connectivity index (χ4n) is 3.30. The molecular weight excluding hydrogens is 410 g/mol. The molecule has 5 rings (SSSR count). The Morgan fingerprint density at radius 3 is 2.82 bits per heavy atom. The molecule has 0 amide bonds. The van der Waals surface area contributed by atoms with Crippen LogP contribution in [0.2, 0.25) is 0 Å². The molecule has 0 N–H and O–H groups in total. The zero-order valence-electron chi connectivity index (χ0n) is 15.6. The Morgan fingerprint density at radius 1 is 1.11 bits per heavy atom. The van der Waals surface area contributed by atoms with E-state index in [1.165, 1.54) is 10.4 Å². The Hall–Kier alpha value is -1.65. The van der Waals surface area contributed by atoms with Gasteiger partial charge in [0.15, 0.2) is 0 Å². The van der Waals surface area contributed by atoms with Crippen LogP contribution < -0.4 is 0 Å². The Bertz CT molecular complexity index is 1150. The zero-order valence-corrected chi connectivity index (χ0v) is 18.1. The van der Waals surface area contributed by atoms with Crippen molar-refractivity contribution in [3.8, 4) is 0 Å². The van der Waals surface area contributed by atoms with Gasteiger partial charge in [0.25, 0.3) is 0 Å². The van der Waals surface area contributed by atoms with Gasteiger partial charge in [-0.05, 0) is 42.6 Å². The summed E-state index contributed by atoms with van der Waals surface area (Å²) in [5.41, 5.74) is 1.26. The van der Waals surface area contributed by atoms with Crippen LogP contribution in [-0.2, 0) is 11.3 Å². The highest BCUT2D eigenvalue weighted by Gasteiger charge is 2.19. The number of ether oxygens (including phenoxy) is 1. The van der Waals surface area contributed by atoms with Crippen LogP contribution in [0.4, 0.5) is 0 Å². The van der Waals surface area contributed by atoms with Gasteiger partial charge in [0.05, 0.1) is 19.8 Å². The highest BCUT2D eigenvalue weighted by atomic mass is 32.2. The number of aryl methyl sites for hydroxylation is 2. The van der Waals surface area contributed by atoms with E-state index < -0.39 is 0 Å². The van der Waals surface area contributed by atoms with E-state index in [-0.39, 0.29) is 0 Å². The molecular formula is C19H19N5OS3. The molecule has 9 heteroatoms. The topological polar surface area (TPSA) is 64.0 Å². The molecule has 0 aliphatic carbocycles. The van der Waals surface area contributed by atoms with E-state index in [0.29, 0.717) is 0 Å². The maximum absolute atomic E-state index is 5.46. The van der Waals surface area contributed by atoms with Gasteiger partial charge in [-0.25, -0.2) is 19.9 Å². The number of morpholine rings is 1. The first-order valence-electron chi connectivity index (χ1n) is 9.12. The highest BCUT2D eigenvalue weighted by molar-refractivity contribution is 7.99. The summed E-state index contributed by atoms with van der Waals surface area (Å²) in [5.74, 6) is 0.869. The smallest absolute Gasteiger partial charge is 0.145 e. The van der Waals surface area contributed by atoms with Crippen molar-refractivity contribution < 1.29 is 4.74 Å². The molecule has 0 saturated carbocycles. The molecule has 1 aliphatic rings. The lowest BCUT2D eigenvalue weighted by molar-refractivity contribution is 0.0330. The molecule has 4 aromatic rings. The summed E-state index contributed by atoms with van der Waals surface area (Å²) in [5, 5.41) is 6.24. The van der Waals surface area contributed by atoms with Gasteiger partial charge in [-0.2, -0.15) is 0 Å². The summed E-state index contributed by atoms with van der Waals surface area (Å²) in [6.45, 7) is 8.46. The fourth-order valence-corrected chi connectivity index (χ4v) is 6.27. The first kappa shape index (κ1) is 18.4. The van der Waals surface area contributed by atoms with Crippen molar-refractivity contribution in [3.63, 3.8) is 0 Å². The van der Waals surface area contributed by atoms with E-state index in [1.807, 2.05) is 0 Å². The van der Waals surface area contributed by atoms with E-state index in [1.54, 1.807) is 40.8 Å². The highest BCUT2D eigenvalue weighted by Crippen LogP contribution is 2.39. The third kappa shape index (κ3) is 3.42. The minimum absolute atomic E-state index is 0.750. The third-order valence-electron chi connectivity index (χ3n) is 4.93. The lowest BCUT2D eigenvalue weighted by Crippen LogP contribution is -2.36. The van der Waals surface area contributed by atoms with Crippen molar-refractivity contribution in [2.45, 2.75) is 30.4 Å². The molecule has 1 saturated heterocycles. The maximum atomic E-state index is 5.46. The van der Waals surface area contributed by atoms with Crippen LogP contribution in [0, 0.1) is 13.8 Å². The van der Waals surface area contributed by atoms with Gasteiger partial charge in [0.1, 0.15) is 31.9 Å². The summed E-state index contributed by atoms with van der Waals surface area (Å²) in [7, 11) is 0. The Labute approximate surface area is 175 Å². The first-order chi connectivity index (χ1) is 13.7. The summed E-state index contributed by atoms with van der Waals surface area (Å²) in [6, 6.07) is 2.08. The molecule has 0 atom stereocenters. The van der Waals surface area contributed by atoms with Crippen LogP contribution >= 0.6 is 34.4 Å². The van der Waals surface area contributed by atoms with Gasteiger partial charge in [-0.15, -0.1) is 22.7 Å². The standard InChI is InChI=1S/C19H19N5OS3/c1-11-12(2)27-18-15(11)19(23-14(22-18)9-24-4-6-25-7-5-24)28-17-13-3-8-26-16(13)20-10-21-17/h3,8,10H,4-7,9H2,1-2H3. The predicted molar refractivity (Wildman–Crippen MR) is 115 cm³/mol. The lowest BCUT2D eigenvalue weighted by Gasteiger charge is -2.25. The quantitative estimate of drug-likeness (QED) is 0.448. The second-order valence-electron chi connectivity index (χ2n) is 6.72. The molecule has 1 aliphatic heterocycles. The molecule has 0 spiro atoms. The minimum Gasteiger partial charge on any atom is -0.379 e. The average Bonchev–Trinajstić information content (AvgIpc) is 3.28. The van der Waals surface area contributed by atoms with E-state index in [2.05, 4.69) is 40.2 Å². The lowest BCUT2D eigenvalue weighted by atomic mass is 10.2. The minimum atomic E-state index is 0.750. The van der Waals surface area contributed by atoms with Crippen LogP contribution in [0.3, 0.4) is 0 Å². The molecule has 5 heterocycles. The number of hydrogen-bond acceptors (Lipinski definition) is 9. The number of fused-ring (bicyclic) bond motifs is 2. The average molecular weight is 430 g/mol. The van der Waals surface area contributed by atoms with Gasteiger partial charge in [-0.1, -0.05) is 0 Å². The predicted octanol–water partition coefficient (Wildman–Crippen LogP) is 4.30. The van der Waals surface area contributed by atoms with Crippen molar-refractivity contribution in [2.75, 3.05) is 26.3 Å². The fraction of sp³-hybridized carbons (Fsp3) is 0.368. The van der Waals surface area contributed by atoms with Crippen LogP contribution in [0.1, 0.15) is 16.3 Å². The molecule has 0 unspecified atom stereocenters. The monoisotopic (exact) mass is 429 g/mol. The van der Waals surface area contributed by atoms with E-state index in [0.717, 1.165) is 69.2 Å². The SMILES string of the molecule is Cc1sc2nc(CN3CCOCC3)nc(Sc3ncnc4sccc34)c2c1C. The van der Waals surface area contributed by atoms with E-state index in [9.17, 15) is 0 Å². The van der Waals surface area contributed by atoms with Crippen LogP contribution in [-0.4, -0.2) is 51.1 Å². The van der Waals surface area contributed by atoms with Crippen LogP contribution in [0.25, 0.3) is 20.4 Å². The molecule has 1 fully saturated rings. The summed E-state index contributed by atoms with van der Waals surface area (Å²) >= 11 is 5.01. The maximum Gasteiger partial charge on any atom is 0.145 e. The van der Waals surface area contributed by atoms with Gasteiger partial charge in [0.2, 0.25) is 0 Å². The number of rotatable bonds is 4. The second kappa shape index (κ2) is 7.64. The first-order valence-corrected chi connectivity index (χ1v) is 11.6. The van der Waals surface area contributed by atoms with E-state index >= 15 is 0 Å². The normalized spacial score (nSPS) is 15.6. The molecule has 28 heavy (non-hydrogen) atoms.